The zero-order valence-corrected chi connectivity index (χ0v) is 10.3. The number of aromatic nitrogens is 2. The lowest BCUT2D eigenvalue weighted by atomic mass is 10.0. The van der Waals surface area contributed by atoms with E-state index in [4.69, 9.17) is 0 Å². The Morgan fingerprint density at radius 3 is 2.78 bits per heavy atom. The lowest BCUT2D eigenvalue weighted by molar-refractivity contribution is -0.144. The molecule has 1 aliphatic heterocycles. The molecule has 0 bridgehead atoms. The summed E-state index contributed by atoms with van der Waals surface area (Å²) in [6, 6.07) is 1.64. The molecule has 2 rings (SSSR count). The molecule has 0 saturated carbocycles. The molecule has 2 heterocycles. The standard InChI is InChI=1S/C12H16N4O2/c1-9-4-2-7-16(8-9)11(18)10(17)15-12-13-5-3-6-14-12/h3,5-6,9H,2,4,7-8H2,1H3,(H,13,14,15,17). The molecule has 6 nitrogen and oxygen atoms in total. The first-order chi connectivity index (χ1) is 8.66. The van der Waals surface area contributed by atoms with Gasteiger partial charge in [-0.15, -0.1) is 0 Å². The van der Waals surface area contributed by atoms with Gasteiger partial charge in [0.15, 0.2) is 0 Å². The Labute approximate surface area is 105 Å². The molecule has 0 spiro atoms. The minimum absolute atomic E-state index is 0.154. The average Bonchev–Trinajstić information content (AvgIpc) is 2.39. The predicted molar refractivity (Wildman–Crippen MR) is 65.6 cm³/mol. The van der Waals surface area contributed by atoms with Gasteiger partial charge in [-0.2, -0.15) is 0 Å². The molecule has 0 radical (unpaired) electrons. The van der Waals surface area contributed by atoms with Gasteiger partial charge in [0.05, 0.1) is 0 Å². The van der Waals surface area contributed by atoms with Crippen molar-refractivity contribution in [1.82, 2.24) is 14.9 Å². The number of piperidine rings is 1. The molecule has 1 aliphatic rings. The highest BCUT2D eigenvalue weighted by Crippen LogP contribution is 2.15. The number of nitrogens with zero attached hydrogens (tertiary/aromatic N) is 3. The van der Waals surface area contributed by atoms with Gasteiger partial charge in [-0.3, -0.25) is 14.9 Å². The fraction of sp³-hybridized carbons (Fsp3) is 0.500. The van der Waals surface area contributed by atoms with Crippen LogP contribution in [0.25, 0.3) is 0 Å². The highest BCUT2D eigenvalue weighted by atomic mass is 16.2. The van der Waals surface area contributed by atoms with Crippen LogP contribution in [0.5, 0.6) is 0 Å². The van der Waals surface area contributed by atoms with E-state index < -0.39 is 11.8 Å². The lowest BCUT2D eigenvalue weighted by Gasteiger charge is -2.30. The summed E-state index contributed by atoms with van der Waals surface area (Å²) >= 11 is 0. The first-order valence-electron chi connectivity index (χ1n) is 6.04. The Morgan fingerprint density at radius 2 is 2.11 bits per heavy atom. The van der Waals surface area contributed by atoms with Crippen LogP contribution in [0.1, 0.15) is 19.8 Å². The smallest absolute Gasteiger partial charge is 0.316 e. The maximum absolute atomic E-state index is 11.9. The van der Waals surface area contributed by atoms with Crippen LogP contribution >= 0.6 is 0 Å². The molecule has 96 valence electrons. The summed E-state index contributed by atoms with van der Waals surface area (Å²) in [7, 11) is 0. The largest absolute Gasteiger partial charge is 0.334 e. The molecular formula is C12H16N4O2. The van der Waals surface area contributed by atoms with Crippen LogP contribution in [0.2, 0.25) is 0 Å². The maximum atomic E-state index is 11.9. The Hall–Kier alpha value is -1.98. The molecule has 1 aromatic rings. The van der Waals surface area contributed by atoms with Crippen molar-refractivity contribution in [3.05, 3.63) is 18.5 Å². The number of rotatable bonds is 1. The molecule has 1 N–H and O–H groups in total. The van der Waals surface area contributed by atoms with E-state index in [0.717, 1.165) is 12.8 Å². The number of likely N-dealkylation sites (tertiary alicyclic amines) is 1. The maximum Gasteiger partial charge on any atom is 0.316 e. The van der Waals surface area contributed by atoms with Crippen molar-refractivity contribution in [2.24, 2.45) is 5.92 Å². The molecular weight excluding hydrogens is 232 g/mol. The number of carbonyl (C=O) groups excluding carboxylic acids is 2. The average molecular weight is 248 g/mol. The van der Waals surface area contributed by atoms with Crippen LogP contribution in [0.3, 0.4) is 0 Å². The molecule has 0 aliphatic carbocycles. The first kappa shape index (κ1) is 12.5. The summed E-state index contributed by atoms with van der Waals surface area (Å²) in [6.45, 7) is 3.37. The molecule has 1 unspecified atom stereocenters. The van der Waals surface area contributed by atoms with Gasteiger partial charge in [-0.25, -0.2) is 9.97 Å². The molecule has 0 aromatic carbocycles. The van der Waals surface area contributed by atoms with E-state index in [9.17, 15) is 9.59 Å². The second-order valence-corrected chi connectivity index (χ2v) is 4.53. The highest BCUT2D eigenvalue weighted by molar-refractivity contribution is 6.39. The number of nitrogens with one attached hydrogen (secondary N) is 1. The number of hydrogen-bond donors (Lipinski definition) is 1. The topological polar surface area (TPSA) is 75.2 Å². The Kier molecular flexibility index (Phi) is 3.86. The van der Waals surface area contributed by atoms with Crippen LogP contribution in [-0.2, 0) is 9.59 Å². The minimum Gasteiger partial charge on any atom is -0.334 e. The van der Waals surface area contributed by atoms with Crippen LogP contribution in [-0.4, -0.2) is 39.8 Å². The number of anilines is 1. The first-order valence-corrected chi connectivity index (χ1v) is 6.04. The zero-order valence-electron chi connectivity index (χ0n) is 10.3. The van der Waals surface area contributed by atoms with E-state index in [-0.39, 0.29) is 5.95 Å². The Bertz CT molecular complexity index is 435. The van der Waals surface area contributed by atoms with Crippen LogP contribution in [0, 0.1) is 5.92 Å². The summed E-state index contributed by atoms with van der Waals surface area (Å²) in [5, 5.41) is 2.40. The monoisotopic (exact) mass is 248 g/mol. The van der Waals surface area contributed by atoms with Gasteiger partial charge in [0, 0.05) is 25.5 Å². The quantitative estimate of drug-likeness (QED) is 0.741. The normalized spacial score (nSPS) is 19.4. The second-order valence-electron chi connectivity index (χ2n) is 4.53. The number of carbonyl (C=O) groups is 2. The zero-order chi connectivity index (χ0) is 13.0. The fourth-order valence-electron chi connectivity index (χ4n) is 2.04. The van der Waals surface area contributed by atoms with Crippen molar-refractivity contribution in [1.29, 1.82) is 0 Å². The molecule has 6 heteroatoms. The number of amides is 2. The van der Waals surface area contributed by atoms with E-state index in [1.165, 1.54) is 12.4 Å². The minimum atomic E-state index is -0.671. The van der Waals surface area contributed by atoms with E-state index in [1.807, 2.05) is 0 Å². The summed E-state index contributed by atoms with van der Waals surface area (Å²) in [4.78, 5) is 32.9. The Balaban J connectivity index is 1.94. The van der Waals surface area contributed by atoms with Gasteiger partial charge in [0.1, 0.15) is 0 Å². The second kappa shape index (κ2) is 5.57. The summed E-state index contributed by atoms with van der Waals surface area (Å²) < 4.78 is 0. The third-order valence-corrected chi connectivity index (χ3v) is 2.93. The van der Waals surface area contributed by atoms with E-state index in [1.54, 1.807) is 11.0 Å². The van der Waals surface area contributed by atoms with Crippen molar-refractivity contribution in [3.63, 3.8) is 0 Å². The van der Waals surface area contributed by atoms with Gasteiger partial charge in [-0.1, -0.05) is 6.92 Å². The van der Waals surface area contributed by atoms with Crippen LogP contribution < -0.4 is 5.32 Å². The third-order valence-electron chi connectivity index (χ3n) is 2.93. The summed E-state index contributed by atoms with van der Waals surface area (Å²) in [5.41, 5.74) is 0. The van der Waals surface area contributed by atoms with Crippen molar-refractivity contribution < 1.29 is 9.59 Å². The van der Waals surface area contributed by atoms with Crippen molar-refractivity contribution in [2.75, 3.05) is 18.4 Å². The molecule has 1 aromatic heterocycles. The van der Waals surface area contributed by atoms with Gasteiger partial charge in [-0.05, 0) is 24.8 Å². The van der Waals surface area contributed by atoms with E-state index >= 15 is 0 Å². The van der Waals surface area contributed by atoms with Crippen molar-refractivity contribution in [3.8, 4) is 0 Å². The van der Waals surface area contributed by atoms with Gasteiger partial charge >= 0.3 is 11.8 Å². The SMILES string of the molecule is CC1CCCN(C(=O)C(=O)Nc2ncccn2)C1. The van der Waals surface area contributed by atoms with Gasteiger partial charge in [0.2, 0.25) is 5.95 Å². The van der Waals surface area contributed by atoms with Crippen molar-refractivity contribution in [2.45, 2.75) is 19.8 Å². The highest BCUT2D eigenvalue weighted by Gasteiger charge is 2.26. The lowest BCUT2D eigenvalue weighted by Crippen LogP contribution is -2.44. The van der Waals surface area contributed by atoms with E-state index in [2.05, 4.69) is 22.2 Å². The molecule has 1 saturated heterocycles. The summed E-state index contributed by atoms with van der Waals surface area (Å²) in [6.07, 6.45) is 5.07. The van der Waals surface area contributed by atoms with Crippen LogP contribution in [0.15, 0.2) is 18.5 Å². The Morgan fingerprint density at radius 1 is 1.39 bits per heavy atom. The van der Waals surface area contributed by atoms with Crippen LogP contribution in [0.4, 0.5) is 5.95 Å². The van der Waals surface area contributed by atoms with Gasteiger partial charge < -0.3 is 4.90 Å². The molecule has 1 fully saturated rings. The molecule has 1 atom stereocenters. The van der Waals surface area contributed by atoms with E-state index in [0.29, 0.717) is 19.0 Å². The molecule has 2 amide bonds. The van der Waals surface area contributed by atoms with Gasteiger partial charge in [0.25, 0.3) is 0 Å². The predicted octanol–water partition coefficient (Wildman–Crippen LogP) is 0.674. The van der Waals surface area contributed by atoms with Crippen molar-refractivity contribution >= 4 is 17.8 Å². The summed E-state index contributed by atoms with van der Waals surface area (Å²) in [5.74, 6) is -0.575. The fourth-order valence-corrected chi connectivity index (χ4v) is 2.04. The third kappa shape index (κ3) is 3.03. The molecule has 18 heavy (non-hydrogen) atoms. The number of hydrogen-bond acceptors (Lipinski definition) is 4.